The molecule has 100 valence electrons. The lowest BCUT2D eigenvalue weighted by atomic mass is 9.71. The molecule has 0 radical (unpaired) electrons. The lowest BCUT2D eigenvalue weighted by Gasteiger charge is -2.44. The molecule has 18 heavy (non-hydrogen) atoms. The van der Waals surface area contributed by atoms with E-state index in [9.17, 15) is 4.79 Å². The van der Waals surface area contributed by atoms with E-state index < -0.39 is 0 Å². The fourth-order valence-electron chi connectivity index (χ4n) is 3.83. The summed E-state index contributed by atoms with van der Waals surface area (Å²) >= 11 is 0. The Morgan fingerprint density at radius 1 is 1.28 bits per heavy atom. The summed E-state index contributed by atoms with van der Waals surface area (Å²) < 4.78 is 0. The number of allylic oxidation sites excluding steroid dienone is 2. The van der Waals surface area contributed by atoms with Gasteiger partial charge in [-0.2, -0.15) is 0 Å². The molecule has 0 saturated carbocycles. The van der Waals surface area contributed by atoms with Crippen molar-refractivity contribution in [3.63, 3.8) is 0 Å². The summed E-state index contributed by atoms with van der Waals surface area (Å²) in [5, 5.41) is 3.34. The third kappa shape index (κ3) is 2.33. The van der Waals surface area contributed by atoms with Gasteiger partial charge in [-0.25, -0.2) is 0 Å². The average Bonchev–Trinajstić information content (AvgIpc) is 2.93. The molecule has 0 aromatic carbocycles. The maximum Gasteiger partial charge on any atom is 0.239 e. The summed E-state index contributed by atoms with van der Waals surface area (Å²) in [4.78, 5) is 14.6. The van der Waals surface area contributed by atoms with Gasteiger partial charge in [0.2, 0.25) is 5.91 Å². The quantitative estimate of drug-likeness (QED) is 0.721. The van der Waals surface area contributed by atoms with Crippen molar-refractivity contribution in [2.45, 2.75) is 51.0 Å². The van der Waals surface area contributed by atoms with Crippen LogP contribution in [-0.2, 0) is 4.79 Å². The summed E-state index contributed by atoms with van der Waals surface area (Å²) in [5.74, 6) is 0.362. The molecule has 3 nitrogen and oxygen atoms in total. The van der Waals surface area contributed by atoms with Crippen molar-refractivity contribution >= 4 is 5.91 Å². The number of nitrogens with one attached hydrogen (secondary N) is 1. The van der Waals surface area contributed by atoms with Gasteiger partial charge in [-0.15, -0.1) is 0 Å². The second kappa shape index (κ2) is 5.04. The molecular weight excluding hydrogens is 224 g/mol. The minimum absolute atomic E-state index is 0.110. The molecular formula is C15H24N2O. The molecule has 1 amide bonds. The van der Waals surface area contributed by atoms with Crippen molar-refractivity contribution < 1.29 is 4.79 Å². The summed E-state index contributed by atoms with van der Waals surface area (Å²) in [5.41, 5.74) is 0.404. The van der Waals surface area contributed by atoms with Gasteiger partial charge in [0.15, 0.2) is 0 Å². The van der Waals surface area contributed by atoms with Gasteiger partial charge in [0.1, 0.15) is 0 Å². The number of piperidine rings is 1. The maximum absolute atomic E-state index is 12.5. The first kappa shape index (κ1) is 12.2. The van der Waals surface area contributed by atoms with Crippen molar-refractivity contribution in [3.05, 3.63) is 12.2 Å². The number of carbonyl (C=O) groups excluding carboxylic acids is 1. The zero-order chi connectivity index (χ0) is 12.4. The standard InChI is InChI=1S/C15H24N2O/c18-14(13-6-4-10-16-13)17-11-5-9-15(12-17)7-2-1-3-8-15/h1-2,13,16H,3-12H2. The van der Waals surface area contributed by atoms with Crippen LogP contribution in [0.15, 0.2) is 12.2 Å². The van der Waals surface area contributed by atoms with Gasteiger partial charge in [0.25, 0.3) is 0 Å². The van der Waals surface area contributed by atoms with Crippen LogP contribution in [0.25, 0.3) is 0 Å². The van der Waals surface area contributed by atoms with Gasteiger partial charge in [0.05, 0.1) is 6.04 Å². The van der Waals surface area contributed by atoms with Gasteiger partial charge in [-0.05, 0) is 56.9 Å². The molecule has 1 N–H and O–H groups in total. The fourth-order valence-corrected chi connectivity index (χ4v) is 3.83. The van der Waals surface area contributed by atoms with Crippen molar-refractivity contribution in [2.75, 3.05) is 19.6 Å². The number of likely N-dealkylation sites (tertiary alicyclic amines) is 1. The van der Waals surface area contributed by atoms with Gasteiger partial charge >= 0.3 is 0 Å². The molecule has 2 atom stereocenters. The summed E-state index contributed by atoms with van der Waals surface area (Å²) in [6.45, 7) is 2.98. The Morgan fingerprint density at radius 3 is 2.94 bits per heavy atom. The van der Waals surface area contributed by atoms with Crippen LogP contribution >= 0.6 is 0 Å². The van der Waals surface area contributed by atoms with Gasteiger partial charge < -0.3 is 10.2 Å². The van der Waals surface area contributed by atoms with Gasteiger partial charge in [0, 0.05) is 13.1 Å². The minimum atomic E-state index is 0.110. The second-order valence-electron chi connectivity index (χ2n) is 6.23. The van der Waals surface area contributed by atoms with Crippen LogP contribution in [0.3, 0.4) is 0 Å². The van der Waals surface area contributed by atoms with Crippen molar-refractivity contribution in [1.29, 1.82) is 0 Å². The molecule has 1 spiro atoms. The van der Waals surface area contributed by atoms with E-state index in [1.54, 1.807) is 0 Å². The molecule has 2 heterocycles. The van der Waals surface area contributed by atoms with E-state index in [1.165, 1.54) is 32.1 Å². The topological polar surface area (TPSA) is 32.3 Å². The Hall–Kier alpha value is -0.830. The molecule has 0 bridgehead atoms. The average molecular weight is 248 g/mol. The van der Waals surface area contributed by atoms with E-state index in [0.29, 0.717) is 11.3 Å². The molecule has 1 aliphatic carbocycles. The molecule has 2 saturated heterocycles. The number of carbonyl (C=O) groups is 1. The van der Waals surface area contributed by atoms with Crippen LogP contribution < -0.4 is 5.32 Å². The molecule has 3 heteroatoms. The Balaban J connectivity index is 1.66. The molecule has 3 rings (SSSR count). The van der Waals surface area contributed by atoms with E-state index in [-0.39, 0.29) is 6.04 Å². The third-order valence-corrected chi connectivity index (χ3v) is 4.89. The highest BCUT2D eigenvalue weighted by molar-refractivity contribution is 5.82. The smallest absolute Gasteiger partial charge is 0.239 e. The normalized spacial score (nSPS) is 36.2. The minimum Gasteiger partial charge on any atom is -0.341 e. The summed E-state index contributed by atoms with van der Waals surface area (Å²) in [6, 6.07) is 0.110. The highest BCUT2D eigenvalue weighted by Crippen LogP contribution is 2.40. The first-order valence-electron chi connectivity index (χ1n) is 7.46. The Morgan fingerprint density at radius 2 is 2.22 bits per heavy atom. The maximum atomic E-state index is 12.5. The Kier molecular flexibility index (Phi) is 3.42. The lowest BCUT2D eigenvalue weighted by Crippen LogP contribution is -2.51. The molecule has 2 unspecified atom stereocenters. The van der Waals surface area contributed by atoms with E-state index >= 15 is 0 Å². The summed E-state index contributed by atoms with van der Waals surface area (Å²) in [7, 11) is 0. The predicted octanol–water partition coefficient (Wildman–Crippen LogP) is 2.09. The zero-order valence-electron chi connectivity index (χ0n) is 11.2. The predicted molar refractivity (Wildman–Crippen MR) is 72.3 cm³/mol. The van der Waals surface area contributed by atoms with Gasteiger partial charge in [-0.3, -0.25) is 4.79 Å². The van der Waals surface area contributed by atoms with E-state index in [0.717, 1.165) is 32.5 Å². The largest absolute Gasteiger partial charge is 0.341 e. The number of nitrogens with zero attached hydrogens (tertiary/aromatic N) is 1. The monoisotopic (exact) mass is 248 g/mol. The zero-order valence-corrected chi connectivity index (χ0v) is 11.2. The molecule has 2 aliphatic heterocycles. The molecule has 0 aromatic heterocycles. The number of hydrogen-bond acceptors (Lipinski definition) is 2. The number of amides is 1. The van der Waals surface area contributed by atoms with Crippen LogP contribution in [0.2, 0.25) is 0 Å². The second-order valence-corrected chi connectivity index (χ2v) is 6.23. The van der Waals surface area contributed by atoms with Crippen LogP contribution in [0.5, 0.6) is 0 Å². The van der Waals surface area contributed by atoms with Crippen LogP contribution in [0.4, 0.5) is 0 Å². The first-order valence-corrected chi connectivity index (χ1v) is 7.46. The van der Waals surface area contributed by atoms with Crippen LogP contribution in [0, 0.1) is 5.41 Å². The lowest BCUT2D eigenvalue weighted by molar-refractivity contribution is -0.136. The molecule has 0 aromatic rings. The number of rotatable bonds is 1. The molecule has 2 fully saturated rings. The van der Waals surface area contributed by atoms with E-state index in [4.69, 9.17) is 0 Å². The Bertz CT molecular complexity index is 346. The highest BCUT2D eigenvalue weighted by atomic mass is 16.2. The SMILES string of the molecule is O=C(C1CCCN1)N1CCCC2(CC=CCC2)C1. The van der Waals surface area contributed by atoms with E-state index in [2.05, 4.69) is 22.4 Å². The third-order valence-electron chi connectivity index (χ3n) is 4.89. The van der Waals surface area contributed by atoms with Crippen molar-refractivity contribution in [2.24, 2.45) is 5.41 Å². The molecule has 3 aliphatic rings. The van der Waals surface area contributed by atoms with Crippen molar-refractivity contribution in [1.82, 2.24) is 10.2 Å². The fraction of sp³-hybridized carbons (Fsp3) is 0.800. The van der Waals surface area contributed by atoms with Gasteiger partial charge in [-0.1, -0.05) is 12.2 Å². The van der Waals surface area contributed by atoms with Crippen molar-refractivity contribution in [3.8, 4) is 0 Å². The Labute approximate surface area is 110 Å². The van der Waals surface area contributed by atoms with Crippen LogP contribution in [0.1, 0.15) is 44.9 Å². The number of hydrogen-bond donors (Lipinski definition) is 1. The first-order chi connectivity index (χ1) is 8.79. The van der Waals surface area contributed by atoms with Crippen LogP contribution in [-0.4, -0.2) is 36.5 Å². The highest BCUT2D eigenvalue weighted by Gasteiger charge is 2.38. The van der Waals surface area contributed by atoms with E-state index in [1.807, 2.05) is 0 Å². The summed E-state index contributed by atoms with van der Waals surface area (Å²) in [6.07, 6.45) is 12.9.